The topological polar surface area (TPSA) is 0 Å². The highest BCUT2D eigenvalue weighted by atomic mass is 31.1. The highest BCUT2D eigenvalue weighted by Crippen LogP contribution is 2.75. The van der Waals surface area contributed by atoms with E-state index in [-0.39, 0.29) is 0 Å². The zero-order valence-electron chi connectivity index (χ0n) is 12.5. The van der Waals surface area contributed by atoms with Crippen molar-refractivity contribution in [3.8, 4) is 0 Å². The molecule has 19 heavy (non-hydrogen) atoms. The van der Waals surface area contributed by atoms with Gasteiger partial charge in [-0.05, 0) is 48.0 Å². The Kier molecular flexibility index (Phi) is 3.99. The monoisotopic (exact) mass is 274 g/mol. The van der Waals surface area contributed by atoms with Gasteiger partial charge in [0.2, 0.25) is 0 Å². The largest absolute Gasteiger partial charge is 0.0942 e. The van der Waals surface area contributed by atoms with Crippen LogP contribution in [0.5, 0.6) is 0 Å². The van der Waals surface area contributed by atoms with Gasteiger partial charge in [-0.2, -0.15) is 0 Å². The standard InChI is InChI=1S/C18H27P/c1-13(2)16-10-9-14(3)11-17(16)19-12-18(19)15-7-5-4-6-8-15/h4-8,13-14,16-18H,9-12H2,1-3H3/t14-,16+,17-,18-,19-/m1/s1. The van der Waals surface area contributed by atoms with E-state index in [1.165, 1.54) is 25.4 Å². The molecule has 104 valence electrons. The molecule has 0 nitrogen and oxygen atoms in total. The SMILES string of the molecule is CC(C)[C@@H]1CC[C@@H](C)C[C@H]1[P@@]1C[C@@H]1c1ccccc1. The van der Waals surface area contributed by atoms with Gasteiger partial charge in [0.25, 0.3) is 0 Å². The first-order valence-electron chi connectivity index (χ1n) is 7.97. The van der Waals surface area contributed by atoms with Crippen molar-refractivity contribution in [2.45, 2.75) is 51.4 Å². The number of benzene rings is 1. The normalized spacial score (nSPS) is 38.4. The summed E-state index contributed by atoms with van der Waals surface area (Å²) in [6, 6.07) is 11.3. The molecule has 1 heterocycles. The van der Waals surface area contributed by atoms with Crippen LogP contribution < -0.4 is 0 Å². The average molecular weight is 274 g/mol. The van der Waals surface area contributed by atoms with Crippen LogP contribution in [-0.2, 0) is 0 Å². The van der Waals surface area contributed by atoms with E-state index in [9.17, 15) is 0 Å². The summed E-state index contributed by atoms with van der Waals surface area (Å²) in [4.78, 5) is 0. The zero-order chi connectivity index (χ0) is 13.4. The number of rotatable bonds is 3. The van der Waals surface area contributed by atoms with E-state index in [2.05, 4.69) is 51.1 Å². The molecule has 5 atom stereocenters. The van der Waals surface area contributed by atoms with Crippen LogP contribution in [0.1, 0.15) is 51.3 Å². The van der Waals surface area contributed by atoms with Gasteiger partial charge in [-0.1, -0.05) is 65.4 Å². The van der Waals surface area contributed by atoms with E-state index in [4.69, 9.17) is 0 Å². The maximum atomic E-state index is 2.47. The third kappa shape index (κ3) is 2.89. The van der Waals surface area contributed by atoms with Gasteiger partial charge >= 0.3 is 0 Å². The summed E-state index contributed by atoms with van der Waals surface area (Å²) in [6.45, 7) is 7.37. The van der Waals surface area contributed by atoms with Crippen LogP contribution in [0.15, 0.2) is 30.3 Å². The summed E-state index contributed by atoms with van der Waals surface area (Å²) in [7, 11) is 0.293. The van der Waals surface area contributed by atoms with Crippen molar-refractivity contribution in [1.82, 2.24) is 0 Å². The fourth-order valence-corrected chi connectivity index (χ4v) is 7.73. The molecule has 0 bridgehead atoms. The van der Waals surface area contributed by atoms with Crippen molar-refractivity contribution >= 4 is 7.92 Å². The molecule has 1 aliphatic heterocycles. The van der Waals surface area contributed by atoms with Crippen LogP contribution in [0.4, 0.5) is 0 Å². The minimum atomic E-state index is 0.293. The van der Waals surface area contributed by atoms with Gasteiger partial charge in [0, 0.05) is 5.66 Å². The molecular formula is C18H27P. The van der Waals surface area contributed by atoms with E-state index in [0.717, 1.165) is 29.1 Å². The Morgan fingerprint density at radius 2 is 1.84 bits per heavy atom. The van der Waals surface area contributed by atoms with Crippen LogP contribution in [0.3, 0.4) is 0 Å². The lowest BCUT2D eigenvalue weighted by molar-refractivity contribution is 0.242. The van der Waals surface area contributed by atoms with E-state index in [0.29, 0.717) is 7.92 Å². The highest BCUT2D eigenvalue weighted by molar-refractivity contribution is 7.66. The molecule has 1 saturated heterocycles. The Labute approximate surface area is 119 Å². The molecule has 0 N–H and O–H groups in total. The van der Waals surface area contributed by atoms with Crippen molar-refractivity contribution in [3.05, 3.63) is 35.9 Å². The quantitative estimate of drug-likeness (QED) is 0.622. The Morgan fingerprint density at radius 3 is 2.53 bits per heavy atom. The molecule has 2 fully saturated rings. The number of hydrogen-bond acceptors (Lipinski definition) is 0. The second-order valence-corrected chi connectivity index (χ2v) is 9.70. The van der Waals surface area contributed by atoms with Gasteiger partial charge in [-0.15, -0.1) is 0 Å². The number of hydrogen-bond donors (Lipinski definition) is 0. The van der Waals surface area contributed by atoms with Gasteiger partial charge in [-0.25, -0.2) is 0 Å². The molecular weight excluding hydrogens is 247 g/mol. The first-order valence-corrected chi connectivity index (χ1v) is 9.64. The van der Waals surface area contributed by atoms with Crippen LogP contribution in [0.25, 0.3) is 0 Å². The van der Waals surface area contributed by atoms with Gasteiger partial charge in [0.05, 0.1) is 0 Å². The molecule has 1 aromatic rings. The van der Waals surface area contributed by atoms with E-state index in [1.807, 2.05) is 0 Å². The molecule has 1 aromatic carbocycles. The maximum absolute atomic E-state index is 2.47. The summed E-state index contributed by atoms with van der Waals surface area (Å²) in [5.41, 5.74) is 3.62. The third-order valence-corrected chi connectivity index (χ3v) is 8.29. The Hall–Kier alpha value is -0.350. The van der Waals surface area contributed by atoms with E-state index in [1.54, 1.807) is 5.56 Å². The summed E-state index contributed by atoms with van der Waals surface area (Å²) >= 11 is 0. The summed E-state index contributed by atoms with van der Waals surface area (Å²) in [5.74, 6) is 2.87. The molecule has 0 aromatic heterocycles. The molecule has 2 aliphatic rings. The Bertz CT molecular complexity index is 411. The molecule has 1 saturated carbocycles. The minimum Gasteiger partial charge on any atom is -0.0942 e. The summed E-state index contributed by atoms with van der Waals surface area (Å²) < 4.78 is 0. The van der Waals surface area contributed by atoms with Crippen molar-refractivity contribution < 1.29 is 0 Å². The smallest absolute Gasteiger partial charge is 0.00842 e. The van der Waals surface area contributed by atoms with Gasteiger partial charge in [0.1, 0.15) is 0 Å². The van der Waals surface area contributed by atoms with Crippen LogP contribution in [0.2, 0.25) is 0 Å². The second-order valence-electron chi connectivity index (χ2n) is 7.02. The van der Waals surface area contributed by atoms with Gasteiger partial charge in [0.15, 0.2) is 0 Å². The van der Waals surface area contributed by atoms with Crippen molar-refractivity contribution in [1.29, 1.82) is 0 Å². The average Bonchev–Trinajstić information content (AvgIpc) is 3.19. The third-order valence-electron chi connectivity index (χ3n) is 5.25. The van der Waals surface area contributed by atoms with Gasteiger partial charge in [-0.3, -0.25) is 0 Å². The molecule has 0 amide bonds. The van der Waals surface area contributed by atoms with Crippen molar-refractivity contribution in [2.24, 2.45) is 17.8 Å². The predicted molar refractivity (Wildman–Crippen MR) is 86.1 cm³/mol. The molecule has 0 radical (unpaired) electrons. The minimum absolute atomic E-state index is 0.293. The fraction of sp³-hybridized carbons (Fsp3) is 0.667. The van der Waals surface area contributed by atoms with E-state index >= 15 is 0 Å². The van der Waals surface area contributed by atoms with Crippen LogP contribution in [0, 0.1) is 17.8 Å². The first kappa shape index (κ1) is 13.6. The Balaban J connectivity index is 1.71. The predicted octanol–water partition coefficient (Wildman–Crippen LogP) is 5.68. The first-order chi connectivity index (χ1) is 9.16. The summed E-state index contributed by atoms with van der Waals surface area (Å²) in [6.07, 6.45) is 5.99. The lowest BCUT2D eigenvalue weighted by Gasteiger charge is -2.38. The molecule has 0 spiro atoms. The fourth-order valence-electron chi connectivity index (χ4n) is 4.02. The molecule has 1 heteroatoms. The lowest BCUT2D eigenvalue weighted by atomic mass is 9.77. The van der Waals surface area contributed by atoms with Crippen molar-refractivity contribution in [2.75, 3.05) is 6.16 Å². The second kappa shape index (κ2) is 5.57. The van der Waals surface area contributed by atoms with Crippen molar-refractivity contribution in [3.63, 3.8) is 0 Å². The van der Waals surface area contributed by atoms with E-state index < -0.39 is 0 Å². The lowest BCUT2D eigenvalue weighted by Crippen LogP contribution is -2.29. The molecule has 0 unspecified atom stereocenters. The Morgan fingerprint density at radius 1 is 1.11 bits per heavy atom. The van der Waals surface area contributed by atoms with Crippen LogP contribution in [-0.4, -0.2) is 11.8 Å². The maximum Gasteiger partial charge on any atom is 0.00842 e. The molecule has 3 rings (SSSR count). The highest BCUT2D eigenvalue weighted by Gasteiger charge is 2.47. The van der Waals surface area contributed by atoms with Crippen LogP contribution >= 0.6 is 7.92 Å². The molecule has 1 aliphatic carbocycles. The zero-order valence-corrected chi connectivity index (χ0v) is 13.4. The van der Waals surface area contributed by atoms with Gasteiger partial charge < -0.3 is 0 Å². The summed E-state index contributed by atoms with van der Waals surface area (Å²) in [5, 5.41) is 0.